The number of hydrogen-bond acceptors (Lipinski definition) is 3. The van der Waals surface area contributed by atoms with E-state index >= 15 is 0 Å². The summed E-state index contributed by atoms with van der Waals surface area (Å²) in [7, 11) is 0. The quantitative estimate of drug-likeness (QED) is 0.444. The second-order valence-electron chi connectivity index (χ2n) is 6.25. The van der Waals surface area contributed by atoms with Crippen LogP contribution in [0.2, 0.25) is 0 Å². The third-order valence-corrected chi connectivity index (χ3v) is 6.13. The van der Waals surface area contributed by atoms with Gasteiger partial charge in [0.15, 0.2) is 0 Å². The summed E-state index contributed by atoms with van der Waals surface area (Å²) >= 11 is 3.75. The van der Waals surface area contributed by atoms with Gasteiger partial charge in [0.25, 0.3) is 0 Å². The zero-order valence-corrected chi connectivity index (χ0v) is 16.6. The Morgan fingerprint density at radius 3 is 2.36 bits per heavy atom. The largest absolute Gasteiger partial charge is 0.245 e. The van der Waals surface area contributed by atoms with Crippen LogP contribution in [0.3, 0.4) is 0 Å². The molecule has 0 spiro atoms. The number of aromatic nitrogens is 1. The van der Waals surface area contributed by atoms with Crippen molar-refractivity contribution in [1.29, 1.82) is 0 Å². The van der Waals surface area contributed by atoms with Crippen molar-refractivity contribution in [2.45, 2.75) is 38.4 Å². The second kappa shape index (κ2) is 9.21. The van der Waals surface area contributed by atoms with Crippen molar-refractivity contribution in [3.8, 4) is 11.1 Å². The molecule has 0 saturated heterocycles. The summed E-state index contributed by atoms with van der Waals surface area (Å²) in [6.07, 6.45) is 6.71. The van der Waals surface area contributed by atoms with Gasteiger partial charge in [-0.15, -0.1) is 11.3 Å². The van der Waals surface area contributed by atoms with Crippen LogP contribution in [0.5, 0.6) is 0 Å². The number of thiazole rings is 1. The first-order valence-electron chi connectivity index (χ1n) is 8.91. The Bertz CT molecular complexity index is 776. The van der Waals surface area contributed by atoms with Crippen LogP contribution in [0.1, 0.15) is 40.9 Å². The van der Waals surface area contributed by atoms with Crippen molar-refractivity contribution in [3.63, 3.8) is 0 Å². The number of aryl methyl sites for hydroxylation is 1. The first-order valence-corrected chi connectivity index (χ1v) is 11.1. The van der Waals surface area contributed by atoms with Crippen molar-refractivity contribution < 1.29 is 0 Å². The van der Waals surface area contributed by atoms with E-state index in [9.17, 15) is 0 Å². The average Bonchev–Trinajstić information content (AvgIpc) is 3.03. The van der Waals surface area contributed by atoms with Gasteiger partial charge in [0.1, 0.15) is 5.01 Å². The Morgan fingerprint density at radius 2 is 1.68 bits per heavy atom. The van der Waals surface area contributed by atoms with E-state index in [4.69, 9.17) is 4.98 Å². The lowest BCUT2D eigenvalue weighted by Crippen LogP contribution is -1.93. The molecule has 25 heavy (non-hydrogen) atoms. The first-order chi connectivity index (χ1) is 12.3. The normalized spacial score (nSPS) is 11.0. The van der Waals surface area contributed by atoms with Crippen molar-refractivity contribution in [1.82, 2.24) is 4.98 Å². The van der Waals surface area contributed by atoms with Crippen LogP contribution in [0, 0.1) is 0 Å². The van der Waals surface area contributed by atoms with Crippen LogP contribution >= 0.6 is 23.1 Å². The second-order valence-corrected chi connectivity index (χ2v) is 8.29. The van der Waals surface area contributed by atoms with Gasteiger partial charge in [-0.2, -0.15) is 11.8 Å². The summed E-state index contributed by atoms with van der Waals surface area (Å²) in [5.74, 6) is 1.02. The van der Waals surface area contributed by atoms with Gasteiger partial charge in [0.2, 0.25) is 0 Å². The molecule has 0 unspecified atom stereocenters. The highest BCUT2D eigenvalue weighted by Gasteiger charge is 2.11. The molecule has 0 atom stereocenters. The third kappa shape index (κ3) is 4.96. The van der Waals surface area contributed by atoms with E-state index in [1.165, 1.54) is 45.1 Å². The van der Waals surface area contributed by atoms with E-state index in [1.54, 1.807) is 0 Å². The number of nitrogens with zero attached hydrogens (tertiary/aromatic N) is 1. The van der Waals surface area contributed by atoms with Crippen LogP contribution < -0.4 is 0 Å². The number of rotatable bonds is 8. The molecule has 0 aliphatic rings. The lowest BCUT2D eigenvalue weighted by atomic mass is 10.0. The van der Waals surface area contributed by atoms with E-state index in [0.29, 0.717) is 0 Å². The minimum absolute atomic E-state index is 1.00. The Balaban J connectivity index is 1.77. The van der Waals surface area contributed by atoms with Crippen LogP contribution in [0.25, 0.3) is 11.1 Å². The molecule has 0 bridgehead atoms. The van der Waals surface area contributed by atoms with Gasteiger partial charge in [0, 0.05) is 17.1 Å². The SMILES string of the molecule is CCCCc1nc(CSC)sc1Cc1ccc(-c2ccccc2)cc1. The molecular formula is C22H25NS2. The predicted molar refractivity (Wildman–Crippen MR) is 113 cm³/mol. The highest BCUT2D eigenvalue weighted by molar-refractivity contribution is 7.97. The van der Waals surface area contributed by atoms with E-state index < -0.39 is 0 Å². The predicted octanol–water partition coefficient (Wildman–Crippen LogP) is 6.61. The van der Waals surface area contributed by atoms with Crippen molar-refractivity contribution >= 4 is 23.1 Å². The lowest BCUT2D eigenvalue weighted by molar-refractivity contribution is 0.773. The molecule has 0 radical (unpaired) electrons. The van der Waals surface area contributed by atoms with Crippen molar-refractivity contribution in [3.05, 3.63) is 75.7 Å². The topological polar surface area (TPSA) is 12.9 Å². The summed E-state index contributed by atoms with van der Waals surface area (Å²) in [4.78, 5) is 6.35. The molecule has 1 aromatic heterocycles. The molecule has 0 fully saturated rings. The number of benzene rings is 2. The van der Waals surface area contributed by atoms with Crippen molar-refractivity contribution in [2.75, 3.05) is 6.26 Å². The molecule has 0 aliphatic heterocycles. The summed E-state index contributed by atoms with van der Waals surface area (Å²) in [6, 6.07) is 19.6. The smallest absolute Gasteiger partial charge is 0.103 e. The molecule has 1 nitrogen and oxygen atoms in total. The van der Waals surface area contributed by atoms with Crippen molar-refractivity contribution in [2.24, 2.45) is 0 Å². The number of thioether (sulfide) groups is 1. The first kappa shape index (κ1) is 18.2. The Kier molecular flexibility index (Phi) is 6.71. The standard InChI is InChI=1S/C22H25NS2/c1-3-4-10-20-21(25-22(23-20)16-24-2)15-17-11-13-19(14-12-17)18-8-6-5-7-9-18/h5-9,11-14H,3-4,10,15-16H2,1-2H3. The molecule has 1 heterocycles. The highest BCUT2D eigenvalue weighted by Crippen LogP contribution is 2.27. The summed E-state index contributed by atoms with van der Waals surface area (Å²) < 4.78 is 0. The van der Waals surface area contributed by atoms with Crippen LogP contribution in [-0.2, 0) is 18.6 Å². The Morgan fingerprint density at radius 1 is 0.960 bits per heavy atom. The lowest BCUT2D eigenvalue weighted by Gasteiger charge is -2.05. The average molecular weight is 368 g/mol. The maximum absolute atomic E-state index is 4.90. The van der Waals surface area contributed by atoms with E-state index in [1.807, 2.05) is 23.1 Å². The minimum atomic E-state index is 1.00. The summed E-state index contributed by atoms with van der Waals surface area (Å²) in [5.41, 5.74) is 5.25. The summed E-state index contributed by atoms with van der Waals surface area (Å²) in [5, 5.41) is 1.27. The molecular weight excluding hydrogens is 342 g/mol. The molecule has 0 saturated carbocycles. The maximum Gasteiger partial charge on any atom is 0.103 e. The molecule has 3 aromatic rings. The zero-order chi connectivity index (χ0) is 17.5. The Hall–Kier alpha value is -1.58. The molecule has 3 heteroatoms. The van der Waals surface area contributed by atoms with Gasteiger partial charge in [-0.05, 0) is 35.8 Å². The van der Waals surface area contributed by atoms with Gasteiger partial charge in [-0.1, -0.05) is 67.9 Å². The van der Waals surface area contributed by atoms with Gasteiger partial charge >= 0.3 is 0 Å². The van der Waals surface area contributed by atoms with Gasteiger partial charge in [-0.25, -0.2) is 4.98 Å². The fourth-order valence-electron chi connectivity index (χ4n) is 2.93. The third-order valence-electron chi connectivity index (χ3n) is 4.28. The number of hydrogen-bond donors (Lipinski definition) is 0. The van der Waals surface area contributed by atoms with Gasteiger partial charge in [-0.3, -0.25) is 0 Å². The molecule has 0 amide bonds. The van der Waals surface area contributed by atoms with Gasteiger partial charge < -0.3 is 0 Å². The minimum Gasteiger partial charge on any atom is -0.245 e. The molecule has 0 aliphatic carbocycles. The highest BCUT2D eigenvalue weighted by atomic mass is 32.2. The fourth-order valence-corrected chi connectivity index (χ4v) is 4.78. The van der Waals surface area contributed by atoms with E-state index in [0.717, 1.165) is 18.6 Å². The number of unbranched alkanes of at least 4 members (excludes halogenated alkanes) is 1. The van der Waals surface area contributed by atoms with E-state index in [2.05, 4.69) is 67.8 Å². The monoisotopic (exact) mass is 367 g/mol. The molecule has 0 N–H and O–H groups in total. The van der Waals surface area contributed by atoms with Crippen LogP contribution in [0.15, 0.2) is 54.6 Å². The van der Waals surface area contributed by atoms with Gasteiger partial charge in [0.05, 0.1) is 5.69 Å². The Labute approximate surface area is 159 Å². The maximum atomic E-state index is 4.90. The molecule has 130 valence electrons. The van der Waals surface area contributed by atoms with Crippen LogP contribution in [-0.4, -0.2) is 11.2 Å². The molecule has 2 aromatic carbocycles. The summed E-state index contributed by atoms with van der Waals surface area (Å²) in [6.45, 7) is 2.25. The zero-order valence-electron chi connectivity index (χ0n) is 15.0. The van der Waals surface area contributed by atoms with E-state index in [-0.39, 0.29) is 0 Å². The molecule has 3 rings (SSSR count). The fraction of sp³-hybridized carbons (Fsp3) is 0.318. The van der Waals surface area contributed by atoms with Crippen LogP contribution in [0.4, 0.5) is 0 Å².